The van der Waals surface area contributed by atoms with Crippen molar-refractivity contribution < 1.29 is 14.7 Å². The van der Waals surface area contributed by atoms with Crippen molar-refractivity contribution in [2.24, 2.45) is 5.92 Å². The molecule has 1 N–H and O–H groups in total. The Hall–Kier alpha value is -2.21. The van der Waals surface area contributed by atoms with Crippen LogP contribution in [0.4, 0.5) is 0 Å². The Morgan fingerprint density at radius 1 is 1.19 bits per heavy atom. The van der Waals surface area contributed by atoms with E-state index in [1.54, 1.807) is 4.90 Å². The van der Waals surface area contributed by atoms with E-state index in [1.807, 2.05) is 37.3 Å². The number of hydrogen-bond donors (Lipinski definition) is 1. The molecule has 1 fully saturated rings. The molecular formula is C20H24N2O3S. The molecule has 0 spiro atoms. The summed E-state index contributed by atoms with van der Waals surface area (Å²) in [7, 11) is 0. The maximum absolute atomic E-state index is 13.1. The number of amides is 1. The smallest absolute Gasteiger partial charge is 0.308 e. The summed E-state index contributed by atoms with van der Waals surface area (Å²) in [5, 5.41) is 10.6. The van der Waals surface area contributed by atoms with Crippen LogP contribution in [0.3, 0.4) is 0 Å². The number of aliphatic carboxylic acids is 1. The minimum atomic E-state index is -0.856. The second-order valence-electron chi connectivity index (χ2n) is 7.86. The molecule has 0 saturated carbocycles. The molecule has 0 unspecified atom stereocenters. The van der Waals surface area contributed by atoms with Gasteiger partial charge in [-0.25, -0.2) is 4.98 Å². The average Bonchev–Trinajstić information content (AvgIpc) is 3.19. The van der Waals surface area contributed by atoms with Crippen molar-refractivity contribution in [3.63, 3.8) is 0 Å². The van der Waals surface area contributed by atoms with E-state index in [0.717, 1.165) is 16.3 Å². The fraction of sp³-hybridized carbons (Fsp3) is 0.450. The summed E-state index contributed by atoms with van der Waals surface area (Å²) < 4.78 is 0. The summed E-state index contributed by atoms with van der Waals surface area (Å²) in [6.45, 7) is 8.71. The van der Waals surface area contributed by atoms with Crippen LogP contribution in [-0.4, -0.2) is 40.0 Å². The summed E-state index contributed by atoms with van der Waals surface area (Å²) in [5.41, 5.74) is 1.57. The molecule has 2 atom stereocenters. The third-order valence-corrected chi connectivity index (χ3v) is 6.36. The zero-order valence-electron chi connectivity index (χ0n) is 15.5. The van der Waals surface area contributed by atoms with E-state index >= 15 is 0 Å². The third-order valence-electron chi connectivity index (χ3n) is 4.78. The van der Waals surface area contributed by atoms with Gasteiger partial charge in [-0.15, -0.1) is 11.3 Å². The van der Waals surface area contributed by atoms with Gasteiger partial charge in [0.1, 0.15) is 4.88 Å². The van der Waals surface area contributed by atoms with Crippen LogP contribution in [0.25, 0.3) is 0 Å². The van der Waals surface area contributed by atoms with Gasteiger partial charge in [0.25, 0.3) is 5.91 Å². The molecule has 5 nitrogen and oxygen atoms in total. The predicted octanol–water partition coefficient (Wildman–Crippen LogP) is 3.69. The second kappa shape index (κ2) is 6.83. The van der Waals surface area contributed by atoms with Crippen LogP contribution in [0.2, 0.25) is 0 Å². The van der Waals surface area contributed by atoms with Crippen molar-refractivity contribution in [1.82, 2.24) is 9.88 Å². The third kappa shape index (κ3) is 3.51. The lowest BCUT2D eigenvalue weighted by Gasteiger charge is -2.16. The Balaban J connectivity index is 1.87. The van der Waals surface area contributed by atoms with Crippen molar-refractivity contribution in [3.05, 3.63) is 51.5 Å². The molecule has 0 bridgehead atoms. The topological polar surface area (TPSA) is 70.5 Å². The molecule has 2 heterocycles. The normalized spacial score (nSPS) is 20.4. The predicted molar refractivity (Wildman–Crippen MR) is 102 cm³/mol. The van der Waals surface area contributed by atoms with Crippen molar-refractivity contribution in [1.29, 1.82) is 0 Å². The van der Waals surface area contributed by atoms with E-state index in [4.69, 9.17) is 0 Å². The summed E-state index contributed by atoms with van der Waals surface area (Å²) >= 11 is 1.42. The number of thiazole rings is 1. The van der Waals surface area contributed by atoms with E-state index in [0.29, 0.717) is 11.4 Å². The first kappa shape index (κ1) is 18.6. The number of carbonyl (C=O) groups is 2. The van der Waals surface area contributed by atoms with Gasteiger partial charge in [0.05, 0.1) is 16.6 Å². The van der Waals surface area contributed by atoms with Crippen LogP contribution in [-0.2, 0) is 10.2 Å². The van der Waals surface area contributed by atoms with Gasteiger partial charge in [0.2, 0.25) is 0 Å². The molecule has 0 aliphatic carbocycles. The maximum atomic E-state index is 13.1. The molecule has 6 heteroatoms. The van der Waals surface area contributed by atoms with Crippen LogP contribution in [0.15, 0.2) is 30.3 Å². The number of benzene rings is 1. The average molecular weight is 372 g/mol. The SMILES string of the molecule is Cc1nc(C(C)(C)C)sc1C(=O)N1C[C@H](C(=O)O)[C@H](c2ccccc2)C1. The van der Waals surface area contributed by atoms with Gasteiger partial charge in [0, 0.05) is 24.4 Å². The van der Waals surface area contributed by atoms with E-state index < -0.39 is 11.9 Å². The van der Waals surface area contributed by atoms with Crippen molar-refractivity contribution in [3.8, 4) is 0 Å². The van der Waals surface area contributed by atoms with Gasteiger partial charge in [-0.05, 0) is 12.5 Å². The first-order valence-corrected chi connectivity index (χ1v) is 9.55. The lowest BCUT2D eigenvalue weighted by molar-refractivity contribution is -0.141. The van der Waals surface area contributed by atoms with Crippen molar-refractivity contribution in [2.45, 2.75) is 39.0 Å². The van der Waals surface area contributed by atoms with Crippen molar-refractivity contribution in [2.75, 3.05) is 13.1 Å². The van der Waals surface area contributed by atoms with Crippen LogP contribution in [0.5, 0.6) is 0 Å². The van der Waals surface area contributed by atoms with Gasteiger partial charge in [0.15, 0.2) is 0 Å². The molecule has 1 amide bonds. The van der Waals surface area contributed by atoms with E-state index in [-0.39, 0.29) is 23.8 Å². The number of carbonyl (C=O) groups excluding carboxylic acids is 1. The number of carboxylic acids is 1. The fourth-order valence-corrected chi connectivity index (χ4v) is 4.41. The van der Waals surface area contributed by atoms with Gasteiger partial charge >= 0.3 is 5.97 Å². The summed E-state index contributed by atoms with van der Waals surface area (Å²) in [4.78, 5) is 31.7. The van der Waals surface area contributed by atoms with Crippen LogP contribution >= 0.6 is 11.3 Å². The highest BCUT2D eigenvalue weighted by atomic mass is 32.1. The van der Waals surface area contributed by atoms with Crippen LogP contribution in [0, 0.1) is 12.8 Å². The van der Waals surface area contributed by atoms with E-state index in [1.165, 1.54) is 11.3 Å². The van der Waals surface area contributed by atoms with E-state index in [2.05, 4.69) is 25.8 Å². The lowest BCUT2D eigenvalue weighted by atomic mass is 9.89. The molecule has 1 aromatic carbocycles. The Bertz CT molecular complexity index is 823. The van der Waals surface area contributed by atoms with Crippen molar-refractivity contribution >= 4 is 23.2 Å². The molecule has 0 radical (unpaired) electrons. The minimum absolute atomic E-state index is 0.111. The number of likely N-dealkylation sites (tertiary alicyclic amines) is 1. The van der Waals surface area contributed by atoms with E-state index in [9.17, 15) is 14.7 Å². The highest BCUT2D eigenvalue weighted by molar-refractivity contribution is 7.14. The maximum Gasteiger partial charge on any atom is 0.308 e. The summed E-state index contributed by atoms with van der Waals surface area (Å²) in [6.07, 6.45) is 0. The number of rotatable bonds is 3. The Kier molecular flexibility index (Phi) is 4.88. The van der Waals surface area contributed by atoms with Crippen LogP contribution in [0.1, 0.15) is 52.6 Å². The molecule has 26 heavy (non-hydrogen) atoms. The number of nitrogens with zero attached hydrogens (tertiary/aromatic N) is 2. The van der Waals surface area contributed by atoms with Gasteiger partial charge in [-0.2, -0.15) is 0 Å². The first-order valence-electron chi connectivity index (χ1n) is 8.73. The largest absolute Gasteiger partial charge is 0.481 e. The number of carboxylic acid groups (broad SMARTS) is 1. The number of aryl methyl sites for hydroxylation is 1. The molecule has 1 aromatic heterocycles. The molecule has 2 aromatic rings. The molecule has 138 valence electrons. The van der Waals surface area contributed by atoms with Gasteiger partial charge < -0.3 is 10.0 Å². The first-order chi connectivity index (χ1) is 12.2. The monoisotopic (exact) mass is 372 g/mol. The lowest BCUT2D eigenvalue weighted by Crippen LogP contribution is -2.29. The second-order valence-corrected chi connectivity index (χ2v) is 8.85. The minimum Gasteiger partial charge on any atom is -0.481 e. The quantitative estimate of drug-likeness (QED) is 0.892. The highest BCUT2D eigenvalue weighted by Gasteiger charge is 2.41. The molecule has 1 aliphatic heterocycles. The standard InChI is InChI=1S/C20H24N2O3S/c1-12-16(26-19(21-12)20(2,3)4)17(23)22-10-14(15(11-22)18(24)25)13-8-6-5-7-9-13/h5-9,14-15H,10-11H2,1-4H3,(H,24,25)/t14-,15-/m0/s1. The molecular weight excluding hydrogens is 348 g/mol. The Morgan fingerprint density at radius 3 is 2.38 bits per heavy atom. The Morgan fingerprint density at radius 2 is 1.85 bits per heavy atom. The van der Waals surface area contributed by atoms with Crippen LogP contribution < -0.4 is 0 Å². The van der Waals surface area contributed by atoms with Gasteiger partial charge in [-0.3, -0.25) is 9.59 Å². The molecule has 1 aliphatic rings. The number of aromatic nitrogens is 1. The fourth-order valence-electron chi connectivity index (χ4n) is 3.32. The summed E-state index contributed by atoms with van der Waals surface area (Å²) in [6, 6.07) is 9.59. The molecule has 3 rings (SSSR count). The Labute approximate surface area is 157 Å². The molecule has 1 saturated heterocycles. The number of hydrogen-bond acceptors (Lipinski definition) is 4. The van der Waals surface area contributed by atoms with Gasteiger partial charge in [-0.1, -0.05) is 51.1 Å². The zero-order valence-corrected chi connectivity index (χ0v) is 16.3. The highest BCUT2D eigenvalue weighted by Crippen LogP contribution is 2.36. The zero-order chi connectivity index (χ0) is 19.1. The summed E-state index contributed by atoms with van der Waals surface area (Å²) in [5.74, 6) is -1.74.